The van der Waals surface area contributed by atoms with E-state index in [9.17, 15) is 9.50 Å². The number of oxazole rings is 1. The predicted molar refractivity (Wildman–Crippen MR) is 72.4 cm³/mol. The van der Waals surface area contributed by atoms with Gasteiger partial charge in [0.05, 0.1) is 11.8 Å². The van der Waals surface area contributed by atoms with E-state index in [0.29, 0.717) is 24.5 Å². The van der Waals surface area contributed by atoms with Crippen LogP contribution in [0.1, 0.15) is 18.5 Å². The summed E-state index contributed by atoms with van der Waals surface area (Å²) in [5, 5.41) is 9.64. The van der Waals surface area contributed by atoms with E-state index in [4.69, 9.17) is 4.42 Å². The van der Waals surface area contributed by atoms with Gasteiger partial charge in [-0.1, -0.05) is 6.07 Å². The molecule has 1 aliphatic heterocycles. The van der Waals surface area contributed by atoms with E-state index < -0.39 is 0 Å². The normalized spacial score (nSPS) is 20.2. The summed E-state index contributed by atoms with van der Waals surface area (Å²) in [6.45, 7) is 2.28. The Balaban J connectivity index is 1.70. The highest BCUT2D eigenvalue weighted by atomic mass is 19.1. The van der Waals surface area contributed by atoms with Gasteiger partial charge in [-0.15, -0.1) is 0 Å². The molecule has 3 rings (SSSR count). The smallest absolute Gasteiger partial charge is 0.226 e. The first-order valence-electron chi connectivity index (χ1n) is 6.81. The molecule has 0 amide bonds. The summed E-state index contributed by atoms with van der Waals surface area (Å²) in [6.07, 6.45) is 3.21. The number of aliphatic hydroxyl groups excluding tert-OH is 1. The maximum atomic E-state index is 13.2. The van der Waals surface area contributed by atoms with E-state index in [1.807, 2.05) is 0 Å². The topological polar surface area (TPSA) is 49.5 Å². The number of aliphatic hydroxyl groups is 1. The van der Waals surface area contributed by atoms with Crippen molar-refractivity contribution in [3.63, 3.8) is 0 Å². The first-order valence-corrected chi connectivity index (χ1v) is 6.81. The number of benzene rings is 1. The van der Waals surface area contributed by atoms with Crippen LogP contribution in [0.2, 0.25) is 0 Å². The van der Waals surface area contributed by atoms with Gasteiger partial charge in [0.25, 0.3) is 0 Å². The lowest BCUT2D eigenvalue weighted by Gasteiger charge is -2.29. The zero-order chi connectivity index (χ0) is 13.9. The average molecular weight is 276 g/mol. The van der Waals surface area contributed by atoms with Crippen molar-refractivity contribution in [2.75, 3.05) is 13.1 Å². The Morgan fingerprint density at radius 3 is 3.15 bits per heavy atom. The summed E-state index contributed by atoms with van der Waals surface area (Å²) < 4.78 is 18.6. The summed E-state index contributed by atoms with van der Waals surface area (Å²) >= 11 is 0. The van der Waals surface area contributed by atoms with Gasteiger partial charge < -0.3 is 9.52 Å². The Bertz CT molecular complexity index is 585. The molecule has 4 nitrogen and oxygen atoms in total. The second-order valence-corrected chi connectivity index (χ2v) is 5.19. The molecule has 1 aromatic carbocycles. The van der Waals surface area contributed by atoms with Crippen LogP contribution >= 0.6 is 0 Å². The molecule has 1 saturated heterocycles. The number of hydrogen-bond donors (Lipinski definition) is 1. The molecule has 1 atom stereocenters. The van der Waals surface area contributed by atoms with Crippen LogP contribution in [0, 0.1) is 5.82 Å². The Morgan fingerprint density at radius 2 is 2.35 bits per heavy atom. The van der Waals surface area contributed by atoms with E-state index in [2.05, 4.69) is 9.88 Å². The molecule has 0 aliphatic carbocycles. The van der Waals surface area contributed by atoms with E-state index in [0.717, 1.165) is 25.1 Å². The first-order chi connectivity index (χ1) is 9.70. The third-order valence-electron chi connectivity index (χ3n) is 3.49. The van der Waals surface area contributed by atoms with Crippen LogP contribution in [0.15, 0.2) is 34.9 Å². The lowest BCUT2D eigenvalue weighted by Crippen LogP contribution is -2.37. The van der Waals surface area contributed by atoms with Crippen LogP contribution in [-0.4, -0.2) is 34.2 Å². The number of nitrogens with zero attached hydrogens (tertiary/aromatic N) is 2. The van der Waals surface area contributed by atoms with Gasteiger partial charge in [-0.2, -0.15) is 0 Å². The maximum absolute atomic E-state index is 13.2. The largest absolute Gasteiger partial charge is 0.444 e. The van der Waals surface area contributed by atoms with Gasteiger partial charge in [0, 0.05) is 18.7 Å². The van der Waals surface area contributed by atoms with Gasteiger partial charge in [0.15, 0.2) is 0 Å². The molecule has 2 heterocycles. The minimum Gasteiger partial charge on any atom is -0.444 e. The van der Waals surface area contributed by atoms with Crippen LogP contribution in [-0.2, 0) is 6.54 Å². The highest BCUT2D eigenvalue weighted by molar-refractivity contribution is 5.52. The lowest BCUT2D eigenvalue weighted by atomic mass is 10.1. The van der Waals surface area contributed by atoms with Crippen LogP contribution < -0.4 is 0 Å². The number of rotatable bonds is 3. The third-order valence-corrected chi connectivity index (χ3v) is 3.49. The molecule has 2 aromatic rings. The fraction of sp³-hybridized carbons (Fsp3) is 0.400. The predicted octanol–water partition coefficient (Wildman–Crippen LogP) is 2.44. The van der Waals surface area contributed by atoms with Gasteiger partial charge in [0.1, 0.15) is 12.1 Å². The number of aromatic nitrogens is 1. The van der Waals surface area contributed by atoms with Gasteiger partial charge in [-0.25, -0.2) is 9.37 Å². The number of halogens is 1. The standard InChI is InChI=1S/C15H17FN2O2/c16-12-4-1-3-11(7-12)15-17-13(10-20-15)8-18-6-2-5-14(19)9-18/h1,3-4,7,10,14,19H,2,5-6,8-9H2. The zero-order valence-electron chi connectivity index (χ0n) is 11.1. The molecule has 1 N–H and O–H groups in total. The molecule has 1 aliphatic rings. The van der Waals surface area contributed by atoms with Gasteiger partial charge in [-0.05, 0) is 37.6 Å². The van der Waals surface area contributed by atoms with Crippen molar-refractivity contribution >= 4 is 0 Å². The number of hydrogen-bond acceptors (Lipinski definition) is 4. The average Bonchev–Trinajstić information content (AvgIpc) is 2.87. The van der Waals surface area contributed by atoms with Gasteiger partial charge in [0.2, 0.25) is 5.89 Å². The minimum atomic E-state index is -0.304. The van der Waals surface area contributed by atoms with Crippen LogP contribution in [0.25, 0.3) is 11.5 Å². The molecular weight excluding hydrogens is 259 g/mol. The first kappa shape index (κ1) is 13.3. The Labute approximate surface area is 116 Å². The van der Waals surface area contributed by atoms with Crippen molar-refractivity contribution in [2.45, 2.75) is 25.5 Å². The quantitative estimate of drug-likeness (QED) is 0.935. The number of likely N-dealkylation sites (tertiary alicyclic amines) is 1. The van der Waals surface area contributed by atoms with Crippen molar-refractivity contribution in [3.05, 3.63) is 42.0 Å². The molecule has 106 valence electrons. The maximum Gasteiger partial charge on any atom is 0.226 e. The molecule has 0 radical (unpaired) electrons. The molecule has 0 spiro atoms. The molecule has 20 heavy (non-hydrogen) atoms. The highest BCUT2D eigenvalue weighted by Crippen LogP contribution is 2.21. The third kappa shape index (κ3) is 3.05. The van der Waals surface area contributed by atoms with Crippen LogP contribution in [0.3, 0.4) is 0 Å². The van der Waals surface area contributed by atoms with Crippen molar-refractivity contribution < 1.29 is 13.9 Å². The summed E-state index contributed by atoms with van der Waals surface area (Å²) in [5.41, 5.74) is 1.44. The molecular formula is C15H17FN2O2. The summed E-state index contributed by atoms with van der Waals surface area (Å²) in [4.78, 5) is 6.54. The lowest BCUT2D eigenvalue weighted by molar-refractivity contribution is 0.0662. The van der Waals surface area contributed by atoms with Crippen molar-refractivity contribution in [1.82, 2.24) is 9.88 Å². The Morgan fingerprint density at radius 1 is 1.45 bits per heavy atom. The molecule has 5 heteroatoms. The van der Waals surface area contributed by atoms with Gasteiger partial charge >= 0.3 is 0 Å². The minimum absolute atomic E-state index is 0.252. The number of piperidine rings is 1. The van der Waals surface area contributed by atoms with Crippen molar-refractivity contribution in [3.8, 4) is 11.5 Å². The second kappa shape index (κ2) is 5.73. The fourth-order valence-corrected chi connectivity index (χ4v) is 2.54. The second-order valence-electron chi connectivity index (χ2n) is 5.19. The zero-order valence-corrected chi connectivity index (χ0v) is 11.1. The van der Waals surface area contributed by atoms with Gasteiger partial charge in [-0.3, -0.25) is 4.90 Å². The summed E-state index contributed by atoms with van der Waals surface area (Å²) in [7, 11) is 0. The highest BCUT2D eigenvalue weighted by Gasteiger charge is 2.19. The molecule has 1 unspecified atom stereocenters. The van der Waals surface area contributed by atoms with Crippen LogP contribution in [0.5, 0.6) is 0 Å². The Kier molecular flexibility index (Phi) is 3.80. The van der Waals surface area contributed by atoms with Crippen molar-refractivity contribution in [1.29, 1.82) is 0 Å². The van der Waals surface area contributed by atoms with Crippen LogP contribution in [0.4, 0.5) is 4.39 Å². The monoisotopic (exact) mass is 276 g/mol. The molecule has 0 bridgehead atoms. The fourth-order valence-electron chi connectivity index (χ4n) is 2.54. The van der Waals surface area contributed by atoms with E-state index in [1.165, 1.54) is 12.1 Å². The van der Waals surface area contributed by atoms with E-state index in [1.54, 1.807) is 18.4 Å². The Hall–Kier alpha value is -1.72. The number of β-amino-alcohol motifs (C(OH)–C–C–N with tert-alkyl or cyclic N) is 1. The molecule has 0 saturated carbocycles. The molecule has 1 fully saturated rings. The van der Waals surface area contributed by atoms with E-state index >= 15 is 0 Å². The summed E-state index contributed by atoms with van der Waals surface area (Å²) in [5.74, 6) is 0.124. The van der Waals surface area contributed by atoms with Crippen molar-refractivity contribution in [2.24, 2.45) is 0 Å². The SMILES string of the molecule is OC1CCCN(Cc2coc(-c3cccc(F)c3)n2)C1. The summed E-state index contributed by atoms with van der Waals surface area (Å²) in [6, 6.07) is 6.20. The molecule has 1 aromatic heterocycles. The van der Waals surface area contributed by atoms with E-state index in [-0.39, 0.29) is 11.9 Å².